The number of nitrogens with zero attached hydrogens (tertiary/aromatic N) is 3. The van der Waals surface area contributed by atoms with E-state index in [1.807, 2.05) is 18.2 Å². The highest BCUT2D eigenvalue weighted by Crippen LogP contribution is 2.33. The number of benzene rings is 1. The van der Waals surface area contributed by atoms with Crippen molar-refractivity contribution in [1.29, 1.82) is 0 Å². The molecule has 9 heteroatoms. The summed E-state index contributed by atoms with van der Waals surface area (Å²) in [7, 11) is 1.56. The van der Waals surface area contributed by atoms with Crippen LogP contribution in [-0.2, 0) is 9.53 Å². The molecule has 3 aromatic rings. The number of ether oxygens (including phenoxy) is 2. The van der Waals surface area contributed by atoms with Crippen LogP contribution in [0.25, 0.3) is 11.7 Å². The molecule has 0 spiro atoms. The molecule has 0 aliphatic carbocycles. The van der Waals surface area contributed by atoms with Crippen molar-refractivity contribution in [2.24, 2.45) is 0 Å². The molecular weight excluding hydrogens is 422 g/mol. The van der Waals surface area contributed by atoms with Gasteiger partial charge in [-0.2, -0.15) is 4.98 Å². The average molecular weight is 440 g/mol. The number of amides is 1. The lowest BCUT2D eigenvalue weighted by Gasteiger charge is -2.13. The first-order valence-electron chi connectivity index (χ1n) is 9.07. The molecule has 0 saturated carbocycles. The molecule has 4 rings (SSSR count). The first kappa shape index (κ1) is 20.3. The summed E-state index contributed by atoms with van der Waals surface area (Å²) < 4.78 is 12.8. The maximum Gasteiger partial charge on any atom is 0.269 e. The summed E-state index contributed by atoms with van der Waals surface area (Å²) in [6, 6.07) is 14.3. The van der Waals surface area contributed by atoms with E-state index in [4.69, 9.17) is 21.7 Å². The van der Waals surface area contributed by atoms with Crippen molar-refractivity contribution in [3.05, 3.63) is 75.6 Å². The monoisotopic (exact) mass is 439 g/mol. The quantitative estimate of drug-likeness (QED) is 0.431. The third-order valence-corrected chi connectivity index (χ3v) is 5.74. The second-order valence-electron chi connectivity index (χ2n) is 6.31. The summed E-state index contributed by atoms with van der Waals surface area (Å²) in [5.41, 5.74) is 0.279. The van der Waals surface area contributed by atoms with Crippen LogP contribution >= 0.6 is 24.0 Å². The van der Waals surface area contributed by atoms with Gasteiger partial charge in [-0.1, -0.05) is 48.2 Å². The van der Waals surface area contributed by atoms with Gasteiger partial charge in [0.15, 0.2) is 0 Å². The van der Waals surface area contributed by atoms with E-state index in [1.54, 1.807) is 43.6 Å². The van der Waals surface area contributed by atoms with E-state index in [-0.39, 0.29) is 22.9 Å². The number of thioether (sulfide) groups is 1. The third kappa shape index (κ3) is 4.00. The number of hydrogen-bond acceptors (Lipinski definition) is 7. The zero-order valence-corrected chi connectivity index (χ0v) is 17.6. The number of methoxy groups -OCH3 is 1. The Labute approximate surface area is 181 Å². The van der Waals surface area contributed by atoms with E-state index < -0.39 is 0 Å². The fourth-order valence-corrected chi connectivity index (χ4v) is 4.18. The zero-order chi connectivity index (χ0) is 21.1. The number of pyridine rings is 1. The molecule has 0 bridgehead atoms. The van der Waals surface area contributed by atoms with Gasteiger partial charge in [0.1, 0.15) is 21.3 Å². The third-order valence-electron chi connectivity index (χ3n) is 4.36. The highest BCUT2D eigenvalue weighted by Gasteiger charge is 2.32. The van der Waals surface area contributed by atoms with E-state index in [0.717, 1.165) is 11.8 Å². The Bertz CT molecular complexity index is 1210. The lowest BCUT2D eigenvalue weighted by atomic mass is 10.2. The average Bonchev–Trinajstić information content (AvgIpc) is 3.02. The highest BCUT2D eigenvalue weighted by molar-refractivity contribution is 8.26. The van der Waals surface area contributed by atoms with Crippen molar-refractivity contribution < 1.29 is 14.3 Å². The fourth-order valence-electron chi connectivity index (χ4n) is 2.89. The summed E-state index contributed by atoms with van der Waals surface area (Å²) in [6.45, 7) is 0.711. The van der Waals surface area contributed by atoms with E-state index in [0.29, 0.717) is 33.8 Å². The summed E-state index contributed by atoms with van der Waals surface area (Å²) in [4.78, 5) is 32.3. The maximum atomic E-state index is 13.2. The first-order valence-corrected chi connectivity index (χ1v) is 10.3. The number of aromatic nitrogens is 2. The van der Waals surface area contributed by atoms with Gasteiger partial charge in [-0.15, -0.1) is 0 Å². The molecule has 0 radical (unpaired) electrons. The maximum absolute atomic E-state index is 13.2. The van der Waals surface area contributed by atoms with Gasteiger partial charge >= 0.3 is 0 Å². The molecule has 1 aliphatic heterocycles. The topological polar surface area (TPSA) is 73.1 Å². The van der Waals surface area contributed by atoms with Crippen molar-refractivity contribution in [1.82, 2.24) is 14.3 Å². The molecule has 2 aromatic heterocycles. The van der Waals surface area contributed by atoms with Crippen LogP contribution in [0.15, 0.2) is 64.4 Å². The van der Waals surface area contributed by atoms with Gasteiger partial charge in [-0.05, 0) is 30.3 Å². The van der Waals surface area contributed by atoms with Crippen molar-refractivity contribution >= 4 is 45.9 Å². The lowest BCUT2D eigenvalue weighted by molar-refractivity contribution is -0.122. The molecule has 0 unspecified atom stereocenters. The second kappa shape index (κ2) is 8.78. The van der Waals surface area contributed by atoms with E-state index >= 15 is 0 Å². The minimum absolute atomic E-state index is 0.125. The van der Waals surface area contributed by atoms with Gasteiger partial charge in [-0.3, -0.25) is 18.9 Å². The standard InChI is InChI=1S/C21H17N3O4S2/c1-27-12-11-24-20(26)16(30-21(24)29)13-15-18(28-14-7-3-2-4-8-14)22-17-9-5-6-10-23(17)19(15)25/h2-10,13H,11-12H2,1H3/b16-13-. The Balaban J connectivity index is 1.81. The van der Waals surface area contributed by atoms with Crippen molar-refractivity contribution in [2.45, 2.75) is 0 Å². The molecule has 0 N–H and O–H groups in total. The van der Waals surface area contributed by atoms with Gasteiger partial charge in [0, 0.05) is 13.3 Å². The highest BCUT2D eigenvalue weighted by atomic mass is 32.2. The summed E-state index contributed by atoms with van der Waals surface area (Å²) >= 11 is 6.45. The van der Waals surface area contributed by atoms with Gasteiger partial charge < -0.3 is 9.47 Å². The number of thiocarbonyl (C=S) groups is 1. The summed E-state index contributed by atoms with van der Waals surface area (Å²) in [6.07, 6.45) is 3.12. The molecule has 1 aromatic carbocycles. The van der Waals surface area contributed by atoms with E-state index in [2.05, 4.69) is 4.98 Å². The largest absolute Gasteiger partial charge is 0.438 e. The molecule has 1 fully saturated rings. The van der Waals surface area contributed by atoms with Crippen LogP contribution in [0.2, 0.25) is 0 Å². The molecule has 30 heavy (non-hydrogen) atoms. The summed E-state index contributed by atoms with van der Waals surface area (Å²) in [5, 5.41) is 0. The number of para-hydroxylation sites is 1. The number of carbonyl (C=O) groups excluding carboxylic acids is 1. The Hall–Kier alpha value is -3.01. The van der Waals surface area contributed by atoms with Crippen molar-refractivity contribution in [2.75, 3.05) is 20.3 Å². The Morgan fingerprint density at radius 2 is 1.90 bits per heavy atom. The normalized spacial score (nSPS) is 15.4. The zero-order valence-electron chi connectivity index (χ0n) is 16.0. The van der Waals surface area contributed by atoms with Crippen LogP contribution in [0.1, 0.15) is 5.56 Å². The molecule has 0 atom stereocenters. The SMILES string of the molecule is COCCN1C(=O)/C(=C/c2c(Oc3ccccc3)nc3ccccn3c2=O)SC1=S. The van der Waals surface area contributed by atoms with Crippen LogP contribution in [0.4, 0.5) is 0 Å². The van der Waals surface area contributed by atoms with Crippen LogP contribution in [0.3, 0.4) is 0 Å². The molecule has 1 aliphatic rings. The Kier molecular flexibility index (Phi) is 5.93. The Morgan fingerprint density at radius 1 is 1.13 bits per heavy atom. The first-order chi connectivity index (χ1) is 14.6. The number of fused-ring (bicyclic) bond motifs is 1. The van der Waals surface area contributed by atoms with Crippen LogP contribution in [0.5, 0.6) is 11.6 Å². The van der Waals surface area contributed by atoms with E-state index in [9.17, 15) is 9.59 Å². The van der Waals surface area contributed by atoms with Gasteiger partial charge in [0.05, 0.1) is 18.1 Å². The van der Waals surface area contributed by atoms with Crippen molar-refractivity contribution in [3.63, 3.8) is 0 Å². The van der Waals surface area contributed by atoms with Crippen LogP contribution < -0.4 is 10.3 Å². The minimum Gasteiger partial charge on any atom is -0.438 e. The summed E-state index contributed by atoms with van der Waals surface area (Å²) in [5.74, 6) is 0.386. The molecule has 1 amide bonds. The number of carbonyl (C=O) groups is 1. The molecule has 1 saturated heterocycles. The van der Waals surface area contributed by atoms with Gasteiger partial charge in [0.25, 0.3) is 11.5 Å². The second-order valence-corrected chi connectivity index (χ2v) is 7.98. The predicted molar refractivity (Wildman–Crippen MR) is 120 cm³/mol. The van der Waals surface area contributed by atoms with Gasteiger partial charge in [-0.25, -0.2) is 0 Å². The van der Waals surface area contributed by atoms with E-state index in [1.165, 1.54) is 15.4 Å². The number of hydrogen-bond donors (Lipinski definition) is 0. The van der Waals surface area contributed by atoms with Crippen LogP contribution in [0, 0.1) is 0 Å². The van der Waals surface area contributed by atoms with Crippen molar-refractivity contribution in [3.8, 4) is 11.6 Å². The Morgan fingerprint density at radius 3 is 2.67 bits per heavy atom. The number of rotatable bonds is 6. The minimum atomic E-state index is -0.339. The predicted octanol–water partition coefficient (Wildman–Crippen LogP) is 3.33. The molecular formula is C21H17N3O4S2. The van der Waals surface area contributed by atoms with Crippen LogP contribution in [-0.4, -0.2) is 44.8 Å². The van der Waals surface area contributed by atoms with Gasteiger partial charge in [0.2, 0.25) is 5.88 Å². The molecule has 152 valence electrons. The molecule has 7 nitrogen and oxygen atoms in total. The lowest BCUT2D eigenvalue weighted by Crippen LogP contribution is -2.31. The molecule has 3 heterocycles. The fraction of sp³-hybridized carbons (Fsp3) is 0.143. The smallest absolute Gasteiger partial charge is 0.269 e.